The molecule has 3 atom stereocenters. The van der Waals surface area contributed by atoms with Crippen LogP contribution >= 0.6 is 7.82 Å². The summed E-state index contributed by atoms with van der Waals surface area (Å²) in [5, 5.41) is 9.83. The van der Waals surface area contributed by atoms with Crippen LogP contribution in [0.25, 0.3) is 0 Å². The van der Waals surface area contributed by atoms with Crippen molar-refractivity contribution in [3.05, 3.63) is 97.2 Å². The lowest BCUT2D eigenvalue weighted by Gasteiger charge is -2.21. The highest BCUT2D eigenvalue weighted by molar-refractivity contribution is 7.47. The molecule has 0 spiro atoms. The summed E-state index contributed by atoms with van der Waals surface area (Å²) in [6.07, 6.45) is 70.8. The summed E-state index contributed by atoms with van der Waals surface area (Å²) in [5.74, 6) is -1.52. The molecule has 78 heavy (non-hydrogen) atoms. The lowest BCUT2D eigenvalue weighted by Crippen LogP contribution is -2.30. The molecule has 0 saturated carbocycles. The maximum atomic E-state index is 13.0. The molecule has 3 unspecified atom stereocenters. The van der Waals surface area contributed by atoms with Gasteiger partial charge in [0.15, 0.2) is 6.10 Å². The number of phosphoric ester groups is 1. The van der Waals surface area contributed by atoms with Crippen molar-refractivity contribution in [1.29, 1.82) is 0 Å². The van der Waals surface area contributed by atoms with Gasteiger partial charge in [0.25, 0.3) is 0 Å². The monoisotopic (exact) mass is 1110 g/mol. The Bertz CT molecular complexity index is 1680. The second kappa shape index (κ2) is 59.5. The van der Waals surface area contributed by atoms with Crippen molar-refractivity contribution >= 4 is 25.7 Å². The number of carbonyl (C=O) groups excluding carboxylic acids is 3. The molecule has 0 aliphatic heterocycles. The van der Waals surface area contributed by atoms with Gasteiger partial charge in [-0.1, -0.05) is 227 Å². The van der Waals surface area contributed by atoms with Crippen molar-refractivity contribution in [3.8, 4) is 0 Å². The van der Waals surface area contributed by atoms with Crippen molar-refractivity contribution in [2.45, 2.75) is 277 Å². The average molecular weight is 1110 g/mol. The molecule has 0 aromatic rings. The van der Waals surface area contributed by atoms with Crippen LogP contribution in [0.4, 0.5) is 0 Å². The zero-order chi connectivity index (χ0) is 56.9. The van der Waals surface area contributed by atoms with Gasteiger partial charge in [-0.3, -0.25) is 23.4 Å². The third kappa shape index (κ3) is 57.1. The number of rotatable bonds is 57. The molecule has 448 valence electrons. The van der Waals surface area contributed by atoms with Gasteiger partial charge in [-0.15, -0.1) is 0 Å². The standard InChI is InChI=1S/C66H113O11P/c1-4-7-10-13-16-19-22-25-28-30-31-33-36-39-42-45-48-51-54-57-66(70)77-63(59-73-64(68)55-52-49-46-43-40-37-35-32-29-26-23-20-17-14-11-8-5-2)61-75-78(71,72)74-60-62(58-67)76-65(69)56-53-50-47-44-41-38-34-27-24-21-18-15-12-9-6-3/h8-9,11-12,17-18,20-21,25-29,34,41,44,62-63,67H,4-7,10,13-16,19,22-24,30-33,35-40,42-43,45-61H2,1-3H3,(H,71,72)/b11-8-,12-9-,20-17-,21-18-,28-25-,29-26-,34-27-,44-41-. The van der Waals surface area contributed by atoms with Crippen LogP contribution in [0.1, 0.15) is 265 Å². The Morgan fingerprint density at radius 2 is 0.667 bits per heavy atom. The van der Waals surface area contributed by atoms with Gasteiger partial charge in [-0.25, -0.2) is 4.57 Å². The van der Waals surface area contributed by atoms with Gasteiger partial charge in [0, 0.05) is 19.3 Å². The van der Waals surface area contributed by atoms with Crippen molar-refractivity contribution in [3.63, 3.8) is 0 Å². The van der Waals surface area contributed by atoms with E-state index in [1.165, 1.54) is 96.3 Å². The van der Waals surface area contributed by atoms with Crippen molar-refractivity contribution in [2.75, 3.05) is 26.4 Å². The maximum Gasteiger partial charge on any atom is 0.472 e. The first-order chi connectivity index (χ1) is 38.2. The summed E-state index contributed by atoms with van der Waals surface area (Å²) < 4.78 is 39.6. The van der Waals surface area contributed by atoms with Gasteiger partial charge < -0.3 is 24.2 Å². The SMILES string of the molecule is CC/C=C\C/C=C\C/C=C\C/C=C\CCCCC(=O)OC(CO)COP(=O)(O)OCC(COC(=O)CCCCCCCCC/C=C\C/C=C\C/C=C\CC)OC(=O)CCCCCCCCCCC/C=C\CCCCCCCC. The first kappa shape index (κ1) is 74.4. The Hall–Kier alpha value is -3.60. The van der Waals surface area contributed by atoms with E-state index in [4.69, 9.17) is 23.3 Å². The molecule has 0 aliphatic rings. The molecule has 0 fully saturated rings. The van der Waals surface area contributed by atoms with Crippen LogP contribution in [0.15, 0.2) is 97.2 Å². The Kier molecular flexibility index (Phi) is 56.8. The van der Waals surface area contributed by atoms with E-state index in [9.17, 15) is 28.9 Å². The van der Waals surface area contributed by atoms with Gasteiger partial charge in [0.2, 0.25) is 0 Å². The van der Waals surface area contributed by atoms with Crippen molar-refractivity contribution < 1.29 is 52.2 Å². The van der Waals surface area contributed by atoms with Crippen LogP contribution in [0.3, 0.4) is 0 Å². The zero-order valence-corrected chi connectivity index (χ0v) is 50.5. The summed E-state index contributed by atoms with van der Waals surface area (Å²) in [4.78, 5) is 48.7. The quantitative estimate of drug-likeness (QED) is 0.0197. The van der Waals surface area contributed by atoms with Gasteiger partial charge in [0.05, 0.1) is 19.8 Å². The first-order valence-corrected chi connectivity index (χ1v) is 32.6. The summed E-state index contributed by atoms with van der Waals surface area (Å²) in [5.41, 5.74) is 0. The number of hydrogen-bond acceptors (Lipinski definition) is 10. The largest absolute Gasteiger partial charge is 0.472 e. The van der Waals surface area contributed by atoms with Gasteiger partial charge >= 0.3 is 25.7 Å². The molecule has 0 saturated heterocycles. The van der Waals surface area contributed by atoms with E-state index < -0.39 is 57.8 Å². The highest BCUT2D eigenvalue weighted by Gasteiger charge is 2.28. The van der Waals surface area contributed by atoms with Crippen LogP contribution in [-0.4, -0.2) is 66.5 Å². The normalized spacial score (nSPS) is 14.0. The smallest absolute Gasteiger partial charge is 0.462 e. The molecule has 0 bridgehead atoms. The first-order valence-electron chi connectivity index (χ1n) is 31.1. The number of carbonyl (C=O) groups is 3. The molecular weight excluding hydrogens is 1000 g/mol. The molecule has 11 nitrogen and oxygen atoms in total. The van der Waals surface area contributed by atoms with E-state index in [1.54, 1.807) is 0 Å². The summed E-state index contributed by atoms with van der Waals surface area (Å²) in [6, 6.07) is 0. The number of aliphatic hydroxyl groups is 1. The lowest BCUT2D eigenvalue weighted by molar-refractivity contribution is -0.161. The van der Waals surface area contributed by atoms with E-state index in [1.807, 2.05) is 0 Å². The molecule has 0 heterocycles. The van der Waals surface area contributed by atoms with Gasteiger partial charge in [0.1, 0.15) is 12.7 Å². The van der Waals surface area contributed by atoms with E-state index >= 15 is 0 Å². The number of phosphoric acid groups is 1. The molecule has 0 radical (unpaired) electrons. The number of aliphatic hydroxyl groups excluding tert-OH is 1. The van der Waals surface area contributed by atoms with Crippen LogP contribution < -0.4 is 0 Å². The minimum Gasteiger partial charge on any atom is -0.462 e. The summed E-state index contributed by atoms with van der Waals surface area (Å²) in [7, 11) is -4.77. The second-order valence-electron chi connectivity index (χ2n) is 20.5. The highest BCUT2D eigenvalue weighted by Crippen LogP contribution is 2.43. The fourth-order valence-electron chi connectivity index (χ4n) is 8.30. The van der Waals surface area contributed by atoms with E-state index in [0.717, 1.165) is 109 Å². The third-order valence-electron chi connectivity index (χ3n) is 13.0. The number of esters is 3. The van der Waals surface area contributed by atoms with E-state index in [-0.39, 0.29) is 25.9 Å². The Balaban J connectivity index is 4.76. The predicted molar refractivity (Wildman–Crippen MR) is 325 cm³/mol. The van der Waals surface area contributed by atoms with Crippen LogP contribution in [0.5, 0.6) is 0 Å². The number of hydrogen-bond donors (Lipinski definition) is 2. The Labute approximate surface area is 476 Å². The molecule has 0 aliphatic carbocycles. The Morgan fingerprint density at radius 1 is 0.372 bits per heavy atom. The van der Waals surface area contributed by atoms with E-state index in [0.29, 0.717) is 19.3 Å². The fourth-order valence-corrected chi connectivity index (χ4v) is 9.08. The Morgan fingerprint density at radius 3 is 1.06 bits per heavy atom. The topological polar surface area (TPSA) is 155 Å². The molecule has 0 aromatic heterocycles. The molecular formula is C66H113O11P. The van der Waals surface area contributed by atoms with Crippen LogP contribution in [0, 0.1) is 0 Å². The van der Waals surface area contributed by atoms with Gasteiger partial charge in [-0.05, 0) is 116 Å². The van der Waals surface area contributed by atoms with Crippen molar-refractivity contribution in [2.24, 2.45) is 0 Å². The van der Waals surface area contributed by atoms with Crippen LogP contribution in [0.2, 0.25) is 0 Å². The van der Waals surface area contributed by atoms with Gasteiger partial charge in [-0.2, -0.15) is 0 Å². The highest BCUT2D eigenvalue weighted by atomic mass is 31.2. The zero-order valence-electron chi connectivity index (χ0n) is 49.6. The molecule has 0 rings (SSSR count). The number of ether oxygens (including phenoxy) is 3. The predicted octanol–water partition coefficient (Wildman–Crippen LogP) is 18.8. The maximum absolute atomic E-state index is 13.0. The number of unbranched alkanes of at least 4 members (excludes halogenated alkanes) is 24. The molecule has 0 amide bonds. The average Bonchev–Trinajstić information content (AvgIpc) is 3.43. The summed E-state index contributed by atoms with van der Waals surface area (Å²) >= 11 is 0. The van der Waals surface area contributed by atoms with E-state index in [2.05, 4.69) is 118 Å². The molecule has 0 aromatic carbocycles. The number of allylic oxidation sites excluding steroid dienone is 16. The third-order valence-corrected chi connectivity index (χ3v) is 13.9. The molecule has 2 N–H and O–H groups in total. The molecule has 12 heteroatoms. The second-order valence-corrected chi connectivity index (χ2v) is 21.9. The fraction of sp³-hybridized carbons (Fsp3) is 0.712. The van der Waals surface area contributed by atoms with Crippen molar-refractivity contribution in [1.82, 2.24) is 0 Å². The minimum atomic E-state index is -4.77. The lowest BCUT2D eigenvalue weighted by atomic mass is 10.1. The minimum absolute atomic E-state index is 0.121. The van der Waals surface area contributed by atoms with Crippen LogP contribution in [-0.2, 0) is 42.2 Å². The summed E-state index contributed by atoms with van der Waals surface area (Å²) in [6.45, 7) is 4.38.